The first-order valence-corrected chi connectivity index (χ1v) is 9.56. The lowest BCUT2D eigenvalue weighted by Gasteiger charge is -2.24. The molecule has 0 unspecified atom stereocenters. The smallest absolute Gasteiger partial charge is 0.410 e. The van der Waals surface area contributed by atoms with Gasteiger partial charge in [0, 0.05) is 17.6 Å². The van der Waals surface area contributed by atoms with Crippen LogP contribution >= 0.6 is 31.9 Å². The summed E-state index contributed by atoms with van der Waals surface area (Å²) in [5.41, 5.74) is 2.72. The fourth-order valence-electron chi connectivity index (χ4n) is 2.98. The summed E-state index contributed by atoms with van der Waals surface area (Å²) in [5.74, 6) is 0. The van der Waals surface area contributed by atoms with Crippen LogP contribution in [0.15, 0.2) is 21.3 Å². The number of amides is 1. The predicted octanol–water partition coefficient (Wildman–Crippen LogP) is 5.05. The Morgan fingerprint density at radius 1 is 1.33 bits per heavy atom. The van der Waals surface area contributed by atoms with Gasteiger partial charge in [-0.05, 0) is 67.7 Å². The predicted molar refractivity (Wildman–Crippen MR) is 101 cm³/mol. The van der Waals surface area contributed by atoms with E-state index in [4.69, 9.17) is 4.74 Å². The molecular weight excluding hydrogens is 438 g/mol. The summed E-state index contributed by atoms with van der Waals surface area (Å²) >= 11 is 7.13. The van der Waals surface area contributed by atoms with Crippen molar-refractivity contribution < 1.29 is 9.53 Å². The van der Waals surface area contributed by atoms with Crippen molar-refractivity contribution in [3.8, 4) is 0 Å². The van der Waals surface area contributed by atoms with Crippen LogP contribution in [0.4, 0.5) is 4.79 Å². The lowest BCUT2D eigenvalue weighted by molar-refractivity contribution is 0.0289. The maximum atomic E-state index is 12.3. The van der Waals surface area contributed by atoms with E-state index in [2.05, 4.69) is 54.4 Å². The maximum absolute atomic E-state index is 12.3. The van der Waals surface area contributed by atoms with Gasteiger partial charge < -0.3 is 14.2 Å². The van der Waals surface area contributed by atoms with E-state index in [0.717, 1.165) is 32.2 Å². The third kappa shape index (κ3) is 3.47. The topological polar surface area (TPSA) is 47.4 Å². The van der Waals surface area contributed by atoms with Gasteiger partial charge in [0.1, 0.15) is 5.60 Å². The molecule has 0 radical (unpaired) electrons. The standard InChI is InChI=1S/C17H21Br2N3O2/c1-10-7-14-13(8-12(10)18)20-15(19)22(14)11-5-6-21(9-11)16(23)24-17(2,3)4/h7-8,11H,5-6,9H2,1-4H3/t11-/m0/s1. The average molecular weight is 459 g/mol. The number of likely N-dealkylation sites (tertiary alicyclic amines) is 1. The fourth-order valence-corrected chi connectivity index (χ4v) is 3.99. The molecule has 2 heterocycles. The Morgan fingerprint density at radius 3 is 2.71 bits per heavy atom. The van der Waals surface area contributed by atoms with Crippen LogP contribution in [0.3, 0.4) is 0 Å². The first-order valence-electron chi connectivity index (χ1n) is 7.97. The van der Waals surface area contributed by atoms with Crippen LogP contribution in [0.5, 0.6) is 0 Å². The molecule has 0 aliphatic carbocycles. The van der Waals surface area contributed by atoms with E-state index in [1.165, 1.54) is 0 Å². The number of rotatable bonds is 1. The van der Waals surface area contributed by atoms with Gasteiger partial charge in [-0.3, -0.25) is 0 Å². The van der Waals surface area contributed by atoms with Crippen LogP contribution in [-0.2, 0) is 4.74 Å². The van der Waals surface area contributed by atoms with E-state index < -0.39 is 5.60 Å². The van der Waals surface area contributed by atoms with Gasteiger partial charge in [0.2, 0.25) is 0 Å². The SMILES string of the molecule is Cc1cc2c(cc1Br)nc(Br)n2[C@H]1CCN(C(=O)OC(C)(C)C)C1. The Bertz CT molecular complexity index is 795. The third-order valence-corrected chi connectivity index (χ3v) is 5.52. The molecule has 1 saturated heterocycles. The Hall–Kier alpha value is -1.08. The van der Waals surface area contributed by atoms with Crippen LogP contribution in [0, 0.1) is 6.92 Å². The second kappa shape index (κ2) is 6.33. The van der Waals surface area contributed by atoms with E-state index in [9.17, 15) is 4.79 Å². The van der Waals surface area contributed by atoms with Crippen LogP contribution in [0.2, 0.25) is 0 Å². The molecule has 1 aromatic carbocycles. The molecule has 1 aromatic heterocycles. The summed E-state index contributed by atoms with van der Waals surface area (Å²) in [6.07, 6.45) is 0.641. The van der Waals surface area contributed by atoms with Crippen molar-refractivity contribution in [3.63, 3.8) is 0 Å². The number of hydrogen-bond donors (Lipinski definition) is 0. The Labute approximate surface area is 158 Å². The van der Waals surface area contributed by atoms with Gasteiger partial charge in [0.15, 0.2) is 4.73 Å². The van der Waals surface area contributed by atoms with Gasteiger partial charge in [-0.1, -0.05) is 15.9 Å². The minimum absolute atomic E-state index is 0.192. The molecule has 24 heavy (non-hydrogen) atoms. The number of benzene rings is 1. The number of hydrogen-bond acceptors (Lipinski definition) is 3. The average Bonchev–Trinajstić information content (AvgIpc) is 3.02. The Morgan fingerprint density at radius 2 is 2.04 bits per heavy atom. The molecule has 130 valence electrons. The number of aryl methyl sites for hydroxylation is 1. The maximum Gasteiger partial charge on any atom is 0.410 e. The van der Waals surface area contributed by atoms with Crippen molar-refractivity contribution in [3.05, 3.63) is 26.9 Å². The lowest BCUT2D eigenvalue weighted by Crippen LogP contribution is -2.35. The van der Waals surface area contributed by atoms with E-state index >= 15 is 0 Å². The zero-order valence-electron chi connectivity index (χ0n) is 14.3. The summed E-state index contributed by atoms with van der Waals surface area (Å²) in [6.45, 7) is 9.06. The fraction of sp³-hybridized carbons (Fsp3) is 0.529. The molecule has 0 N–H and O–H groups in total. The zero-order valence-corrected chi connectivity index (χ0v) is 17.4. The van der Waals surface area contributed by atoms with Gasteiger partial charge in [-0.25, -0.2) is 9.78 Å². The van der Waals surface area contributed by atoms with Gasteiger partial charge in [0.05, 0.1) is 17.1 Å². The highest BCUT2D eigenvalue weighted by Gasteiger charge is 2.32. The molecule has 3 rings (SSSR count). The summed E-state index contributed by atoms with van der Waals surface area (Å²) in [6, 6.07) is 4.36. The third-order valence-electron chi connectivity index (χ3n) is 4.11. The van der Waals surface area contributed by atoms with Crippen LogP contribution in [0.1, 0.15) is 38.8 Å². The van der Waals surface area contributed by atoms with Gasteiger partial charge in [0.25, 0.3) is 0 Å². The highest BCUT2D eigenvalue weighted by Crippen LogP contribution is 2.33. The first kappa shape index (κ1) is 17.7. The van der Waals surface area contributed by atoms with E-state index in [1.807, 2.05) is 26.8 Å². The number of imidazole rings is 1. The van der Waals surface area contributed by atoms with Crippen LogP contribution in [0.25, 0.3) is 11.0 Å². The largest absolute Gasteiger partial charge is 0.444 e. The van der Waals surface area contributed by atoms with Gasteiger partial charge in [-0.15, -0.1) is 0 Å². The molecule has 2 aromatic rings. The second-order valence-electron chi connectivity index (χ2n) is 7.21. The number of carbonyl (C=O) groups is 1. The molecule has 5 nitrogen and oxygen atoms in total. The molecule has 1 aliphatic rings. The van der Waals surface area contributed by atoms with Crippen LogP contribution < -0.4 is 0 Å². The van der Waals surface area contributed by atoms with E-state index in [1.54, 1.807) is 4.90 Å². The van der Waals surface area contributed by atoms with Crippen molar-refractivity contribution in [2.75, 3.05) is 13.1 Å². The van der Waals surface area contributed by atoms with E-state index in [-0.39, 0.29) is 12.1 Å². The number of fused-ring (bicyclic) bond motifs is 1. The minimum atomic E-state index is -0.471. The van der Waals surface area contributed by atoms with Crippen molar-refractivity contribution in [2.24, 2.45) is 0 Å². The van der Waals surface area contributed by atoms with E-state index in [0.29, 0.717) is 13.1 Å². The zero-order chi connectivity index (χ0) is 17.6. The van der Waals surface area contributed by atoms with Gasteiger partial charge >= 0.3 is 6.09 Å². The molecule has 0 saturated carbocycles. The highest BCUT2D eigenvalue weighted by molar-refractivity contribution is 9.10. The first-order chi connectivity index (χ1) is 11.2. The van der Waals surface area contributed by atoms with Crippen LogP contribution in [-0.4, -0.2) is 39.2 Å². The van der Waals surface area contributed by atoms with Crippen molar-refractivity contribution in [1.29, 1.82) is 0 Å². The minimum Gasteiger partial charge on any atom is -0.444 e. The summed E-state index contributed by atoms with van der Waals surface area (Å²) < 4.78 is 9.51. The molecular formula is C17H21Br2N3O2. The number of ether oxygens (including phenoxy) is 1. The number of aromatic nitrogens is 2. The highest BCUT2D eigenvalue weighted by atomic mass is 79.9. The molecule has 1 aliphatic heterocycles. The molecule has 0 bridgehead atoms. The molecule has 7 heteroatoms. The second-order valence-corrected chi connectivity index (χ2v) is 8.77. The number of halogens is 2. The molecule has 0 spiro atoms. The normalized spacial score (nSPS) is 18.4. The Kier molecular flexibility index (Phi) is 4.68. The quantitative estimate of drug-likeness (QED) is 0.600. The van der Waals surface area contributed by atoms with Crippen molar-refractivity contribution in [1.82, 2.24) is 14.5 Å². The summed E-state index contributed by atoms with van der Waals surface area (Å²) in [5, 5.41) is 0. The monoisotopic (exact) mass is 457 g/mol. The molecule has 1 atom stereocenters. The van der Waals surface area contributed by atoms with Gasteiger partial charge in [-0.2, -0.15) is 0 Å². The Balaban J connectivity index is 1.86. The number of carbonyl (C=O) groups excluding carboxylic acids is 1. The van der Waals surface area contributed by atoms with Crippen molar-refractivity contribution in [2.45, 2.75) is 45.8 Å². The molecule has 1 amide bonds. The molecule has 1 fully saturated rings. The summed E-state index contributed by atoms with van der Waals surface area (Å²) in [4.78, 5) is 18.7. The summed E-state index contributed by atoms with van der Waals surface area (Å²) in [7, 11) is 0. The number of nitrogens with zero attached hydrogens (tertiary/aromatic N) is 3. The van der Waals surface area contributed by atoms with Crippen molar-refractivity contribution >= 4 is 49.0 Å². The lowest BCUT2D eigenvalue weighted by atomic mass is 10.2.